The van der Waals surface area contributed by atoms with E-state index in [2.05, 4.69) is 11.4 Å². The molecular formula is C26H25N3O4. The number of benzene rings is 2. The Balaban J connectivity index is 1.61. The number of nitriles is 1. The lowest BCUT2D eigenvalue weighted by Crippen LogP contribution is -2.23. The van der Waals surface area contributed by atoms with Gasteiger partial charge >= 0.3 is 5.97 Å². The Morgan fingerprint density at radius 1 is 0.970 bits per heavy atom. The monoisotopic (exact) mass is 443 g/mol. The Labute approximate surface area is 192 Å². The zero-order valence-corrected chi connectivity index (χ0v) is 18.8. The van der Waals surface area contributed by atoms with Crippen LogP contribution in [0.1, 0.15) is 45.6 Å². The second-order valence-electron chi connectivity index (χ2n) is 7.71. The SMILES string of the molecule is Cc1ccc(C(=O)CCC(=O)OCC(=O)Nc2c(C#N)c(C)c(C)n2-c2ccccc2)cc1. The standard InChI is InChI=1S/C26H25N3O4/c1-17-9-11-20(12-10-17)23(30)13-14-25(32)33-16-24(31)28-26-22(15-27)18(2)19(3)29(26)21-7-5-4-6-8-21/h4-12H,13-14,16H2,1-3H3,(H,28,31). The van der Waals surface area contributed by atoms with E-state index in [9.17, 15) is 19.6 Å². The maximum absolute atomic E-state index is 12.5. The van der Waals surface area contributed by atoms with Crippen LogP contribution >= 0.6 is 0 Å². The van der Waals surface area contributed by atoms with E-state index in [-0.39, 0.29) is 18.6 Å². The minimum absolute atomic E-state index is 0.00264. The first-order valence-electron chi connectivity index (χ1n) is 10.5. The highest BCUT2D eigenvalue weighted by atomic mass is 16.5. The predicted molar refractivity (Wildman–Crippen MR) is 124 cm³/mol. The normalized spacial score (nSPS) is 10.4. The number of rotatable bonds is 8. The number of Topliss-reactive ketones (excluding diaryl/α,β-unsaturated/α-hetero) is 1. The molecule has 0 atom stereocenters. The Morgan fingerprint density at radius 3 is 2.27 bits per heavy atom. The molecule has 0 bridgehead atoms. The van der Waals surface area contributed by atoms with Crippen LogP contribution in [0.3, 0.4) is 0 Å². The summed E-state index contributed by atoms with van der Waals surface area (Å²) in [6.45, 7) is 5.09. The van der Waals surface area contributed by atoms with Crippen molar-refractivity contribution in [3.05, 3.63) is 82.5 Å². The highest BCUT2D eigenvalue weighted by Crippen LogP contribution is 2.29. The van der Waals surface area contributed by atoms with E-state index in [0.29, 0.717) is 16.9 Å². The molecule has 1 heterocycles. The molecule has 2 aromatic carbocycles. The molecule has 3 aromatic rings. The summed E-state index contributed by atoms with van der Waals surface area (Å²) in [4.78, 5) is 36.7. The number of hydrogen-bond acceptors (Lipinski definition) is 5. The van der Waals surface area contributed by atoms with Gasteiger partial charge in [-0.25, -0.2) is 0 Å². The number of hydrogen-bond donors (Lipinski definition) is 1. The molecule has 1 N–H and O–H groups in total. The Hall–Kier alpha value is -4.18. The third-order valence-corrected chi connectivity index (χ3v) is 5.39. The summed E-state index contributed by atoms with van der Waals surface area (Å²) >= 11 is 0. The number of anilines is 1. The van der Waals surface area contributed by atoms with Gasteiger partial charge in [0.25, 0.3) is 5.91 Å². The van der Waals surface area contributed by atoms with Crippen molar-refractivity contribution in [3.8, 4) is 11.8 Å². The van der Waals surface area contributed by atoms with Crippen LogP contribution in [0.4, 0.5) is 5.82 Å². The first-order valence-corrected chi connectivity index (χ1v) is 10.5. The van der Waals surface area contributed by atoms with Crippen LogP contribution in [-0.4, -0.2) is 28.8 Å². The molecule has 0 unspecified atom stereocenters. The molecule has 0 aliphatic rings. The number of ether oxygens (including phenoxy) is 1. The van der Waals surface area contributed by atoms with Crippen molar-refractivity contribution < 1.29 is 19.1 Å². The van der Waals surface area contributed by atoms with Crippen LogP contribution in [-0.2, 0) is 14.3 Å². The van der Waals surface area contributed by atoms with Crippen LogP contribution in [0.15, 0.2) is 54.6 Å². The Bertz CT molecular complexity index is 1220. The highest BCUT2D eigenvalue weighted by molar-refractivity contribution is 5.98. The summed E-state index contributed by atoms with van der Waals surface area (Å²) in [6.07, 6.45) is -0.126. The van der Waals surface area contributed by atoms with Gasteiger partial charge in [-0.2, -0.15) is 5.26 Å². The second-order valence-corrected chi connectivity index (χ2v) is 7.71. The van der Waals surface area contributed by atoms with E-state index in [1.807, 2.05) is 63.2 Å². The van der Waals surface area contributed by atoms with E-state index < -0.39 is 18.5 Å². The van der Waals surface area contributed by atoms with Crippen molar-refractivity contribution in [1.82, 2.24) is 4.57 Å². The van der Waals surface area contributed by atoms with Gasteiger partial charge in [0.1, 0.15) is 11.9 Å². The maximum Gasteiger partial charge on any atom is 0.306 e. The van der Waals surface area contributed by atoms with Crippen LogP contribution in [0.25, 0.3) is 5.69 Å². The fraction of sp³-hybridized carbons (Fsp3) is 0.231. The molecule has 0 aliphatic carbocycles. The quantitative estimate of drug-likeness (QED) is 0.410. The first-order chi connectivity index (χ1) is 15.8. The van der Waals surface area contributed by atoms with E-state index in [1.165, 1.54) is 0 Å². The van der Waals surface area contributed by atoms with Crippen molar-refractivity contribution in [3.63, 3.8) is 0 Å². The maximum atomic E-state index is 12.5. The number of nitrogens with one attached hydrogen (secondary N) is 1. The molecule has 0 fully saturated rings. The molecule has 168 valence electrons. The third-order valence-electron chi connectivity index (χ3n) is 5.39. The lowest BCUT2D eigenvalue weighted by Gasteiger charge is -2.13. The van der Waals surface area contributed by atoms with Gasteiger partial charge in [0.05, 0.1) is 12.0 Å². The van der Waals surface area contributed by atoms with Gasteiger partial charge in [-0.3, -0.25) is 19.0 Å². The van der Waals surface area contributed by atoms with Gasteiger partial charge in [-0.15, -0.1) is 0 Å². The number of aryl methyl sites for hydroxylation is 1. The molecule has 7 nitrogen and oxygen atoms in total. The average Bonchev–Trinajstić information content (AvgIpc) is 3.05. The van der Waals surface area contributed by atoms with Gasteiger partial charge in [0, 0.05) is 23.4 Å². The number of carbonyl (C=O) groups excluding carboxylic acids is 3. The summed E-state index contributed by atoms with van der Waals surface area (Å²) in [5.74, 6) is -1.05. The smallest absolute Gasteiger partial charge is 0.306 e. The van der Waals surface area contributed by atoms with Crippen LogP contribution in [0.5, 0.6) is 0 Å². The van der Waals surface area contributed by atoms with Crippen molar-refractivity contribution >= 4 is 23.5 Å². The van der Waals surface area contributed by atoms with Gasteiger partial charge in [0.15, 0.2) is 12.4 Å². The highest BCUT2D eigenvalue weighted by Gasteiger charge is 2.21. The van der Waals surface area contributed by atoms with Crippen LogP contribution in [0, 0.1) is 32.1 Å². The molecule has 0 radical (unpaired) electrons. The number of esters is 1. The molecule has 0 aliphatic heterocycles. The minimum atomic E-state index is -0.642. The fourth-order valence-electron chi connectivity index (χ4n) is 3.45. The average molecular weight is 444 g/mol. The van der Waals surface area contributed by atoms with Crippen molar-refractivity contribution in [2.75, 3.05) is 11.9 Å². The summed E-state index contributed by atoms with van der Waals surface area (Å²) in [5.41, 5.74) is 4.28. The lowest BCUT2D eigenvalue weighted by atomic mass is 10.1. The molecule has 3 rings (SSSR count). The fourth-order valence-corrected chi connectivity index (χ4v) is 3.45. The molecular weight excluding hydrogens is 418 g/mol. The molecule has 1 amide bonds. The minimum Gasteiger partial charge on any atom is -0.456 e. The molecule has 0 saturated carbocycles. The summed E-state index contributed by atoms with van der Waals surface area (Å²) < 4.78 is 6.83. The second kappa shape index (κ2) is 10.4. The largest absolute Gasteiger partial charge is 0.456 e. The zero-order chi connectivity index (χ0) is 24.0. The van der Waals surface area contributed by atoms with Crippen molar-refractivity contribution in [2.24, 2.45) is 0 Å². The van der Waals surface area contributed by atoms with E-state index in [0.717, 1.165) is 22.5 Å². The molecule has 0 spiro atoms. The number of ketones is 1. The Kier molecular flexibility index (Phi) is 7.42. The number of para-hydroxylation sites is 1. The van der Waals surface area contributed by atoms with E-state index >= 15 is 0 Å². The van der Waals surface area contributed by atoms with Crippen LogP contribution < -0.4 is 5.32 Å². The van der Waals surface area contributed by atoms with E-state index in [1.54, 1.807) is 16.7 Å². The third kappa shape index (κ3) is 5.55. The summed E-state index contributed by atoms with van der Waals surface area (Å²) in [7, 11) is 0. The number of nitrogens with zero attached hydrogens (tertiary/aromatic N) is 2. The van der Waals surface area contributed by atoms with Gasteiger partial charge in [-0.05, 0) is 38.5 Å². The predicted octanol–water partition coefficient (Wildman–Crippen LogP) is 4.42. The van der Waals surface area contributed by atoms with Crippen molar-refractivity contribution in [2.45, 2.75) is 33.6 Å². The topological polar surface area (TPSA) is 101 Å². The lowest BCUT2D eigenvalue weighted by molar-refractivity contribution is -0.147. The molecule has 33 heavy (non-hydrogen) atoms. The van der Waals surface area contributed by atoms with E-state index in [4.69, 9.17) is 4.74 Å². The summed E-state index contributed by atoms with van der Waals surface area (Å²) in [5, 5.41) is 12.3. The molecule has 1 aromatic heterocycles. The molecule has 0 saturated heterocycles. The zero-order valence-electron chi connectivity index (χ0n) is 18.8. The van der Waals surface area contributed by atoms with Crippen LogP contribution in [0.2, 0.25) is 0 Å². The van der Waals surface area contributed by atoms with Gasteiger partial charge < -0.3 is 10.1 Å². The number of amides is 1. The Morgan fingerprint density at radius 2 is 1.64 bits per heavy atom. The van der Waals surface area contributed by atoms with Gasteiger partial charge in [-0.1, -0.05) is 48.0 Å². The first kappa shape index (κ1) is 23.5. The number of aromatic nitrogens is 1. The van der Waals surface area contributed by atoms with Crippen molar-refractivity contribution in [1.29, 1.82) is 5.26 Å². The van der Waals surface area contributed by atoms with Gasteiger partial charge in [0.2, 0.25) is 0 Å². The molecule has 7 heteroatoms. The number of carbonyl (C=O) groups is 3. The summed E-state index contributed by atoms with van der Waals surface area (Å²) in [6, 6.07) is 18.6.